The molecule has 2 saturated carbocycles. The average molecular weight is 665 g/mol. The Labute approximate surface area is 285 Å². The lowest BCUT2D eigenvalue weighted by molar-refractivity contribution is -0.187. The van der Waals surface area contributed by atoms with Crippen LogP contribution in [0.2, 0.25) is 0 Å². The molecule has 9 atom stereocenters. The number of ketones is 1. The molecule has 6 N–H and O–H groups in total. The van der Waals surface area contributed by atoms with E-state index in [4.69, 9.17) is 20.9 Å². The summed E-state index contributed by atoms with van der Waals surface area (Å²) in [6.07, 6.45) is 9.37. The summed E-state index contributed by atoms with van der Waals surface area (Å²) in [4.78, 5) is 39.7. The molecule has 48 heavy (non-hydrogen) atoms. The van der Waals surface area contributed by atoms with Crippen molar-refractivity contribution in [1.29, 1.82) is 0 Å². The number of unbranched alkanes of at least 4 members (excludes halogenated alkanes) is 3. The molecule has 0 heterocycles. The second-order valence-electron chi connectivity index (χ2n) is 16.0. The van der Waals surface area contributed by atoms with Gasteiger partial charge in [-0.1, -0.05) is 96.4 Å². The first-order chi connectivity index (χ1) is 22.5. The minimum Gasteiger partial charge on any atom is -0.460 e. The van der Waals surface area contributed by atoms with Crippen LogP contribution in [-0.2, 0) is 30.3 Å². The molecule has 0 bridgehead atoms. The number of esters is 2. The second kappa shape index (κ2) is 13.5. The molecule has 1 aromatic carbocycles. The van der Waals surface area contributed by atoms with Crippen molar-refractivity contribution >= 4 is 17.7 Å². The van der Waals surface area contributed by atoms with E-state index in [2.05, 4.69) is 24.3 Å². The normalized spacial score (nSPS) is 34.5. The van der Waals surface area contributed by atoms with E-state index in [1.807, 2.05) is 46.8 Å². The molecule has 0 aromatic heterocycles. The average Bonchev–Trinajstić information content (AvgIpc) is 3.45. The SMILES string of the molecule is CC1=C[C@H]2[C@@]3(O)[C@H](C)C[C@]4(OC(=O)[C@H](N)CCCCCCc5ccccc5)[C@@H]([C@@H]3C=C(COC(=O)[C@@H](N)C(C)C)C[C@]2(O)C1=O)C4(C)C. The molecule has 5 rings (SSSR count). The highest BCUT2D eigenvalue weighted by molar-refractivity contribution is 6.04. The lowest BCUT2D eigenvalue weighted by Gasteiger charge is -2.50. The fourth-order valence-corrected chi connectivity index (χ4v) is 9.19. The Bertz CT molecular complexity index is 1450. The molecule has 0 aliphatic heterocycles. The van der Waals surface area contributed by atoms with E-state index in [0.717, 1.165) is 32.1 Å². The van der Waals surface area contributed by atoms with Crippen LogP contribution >= 0.6 is 0 Å². The van der Waals surface area contributed by atoms with Crippen LogP contribution < -0.4 is 11.5 Å². The van der Waals surface area contributed by atoms with Gasteiger partial charge in [0.1, 0.15) is 29.9 Å². The van der Waals surface area contributed by atoms with Crippen LogP contribution in [-0.4, -0.2) is 63.4 Å². The lowest BCUT2D eigenvalue weighted by atomic mass is 9.60. The Morgan fingerprint density at radius 1 is 1.00 bits per heavy atom. The highest BCUT2D eigenvalue weighted by Gasteiger charge is 2.83. The van der Waals surface area contributed by atoms with Crippen LogP contribution in [0.3, 0.4) is 0 Å². The number of carbonyl (C=O) groups excluding carboxylic acids is 3. The summed E-state index contributed by atoms with van der Waals surface area (Å²) >= 11 is 0. The Balaban J connectivity index is 1.32. The van der Waals surface area contributed by atoms with Crippen LogP contribution in [0.1, 0.15) is 92.1 Å². The zero-order valence-corrected chi connectivity index (χ0v) is 29.5. The largest absolute Gasteiger partial charge is 0.460 e. The van der Waals surface area contributed by atoms with Crippen molar-refractivity contribution in [2.24, 2.45) is 46.5 Å². The van der Waals surface area contributed by atoms with Crippen molar-refractivity contribution in [2.45, 2.75) is 122 Å². The fraction of sp³-hybridized carbons (Fsp3) is 0.667. The van der Waals surface area contributed by atoms with E-state index in [1.54, 1.807) is 13.0 Å². The molecule has 2 fully saturated rings. The summed E-state index contributed by atoms with van der Waals surface area (Å²) in [7, 11) is 0. The Kier molecular flexibility index (Phi) is 10.2. The van der Waals surface area contributed by atoms with Gasteiger partial charge in [-0.15, -0.1) is 0 Å². The van der Waals surface area contributed by atoms with Crippen molar-refractivity contribution in [2.75, 3.05) is 6.61 Å². The Morgan fingerprint density at radius 2 is 1.67 bits per heavy atom. The van der Waals surface area contributed by atoms with Gasteiger partial charge in [-0.05, 0) is 61.2 Å². The maximum atomic E-state index is 13.5. The third kappa shape index (κ3) is 6.21. The molecule has 1 aromatic rings. The predicted octanol–water partition coefficient (Wildman–Crippen LogP) is 4.56. The quantitative estimate of drug-likeness (QED) is 0.135. The highest BCUT2D eigenvalue weighted by atomic mass is 16.6. The minimum absolute atomic E-state index is 0.0871. The van der Waals surface area contributed by atoms with Gasteiger partial charge in [-0.25, -0.2) is 0 Å². The number of nitrogens with two attached hydrogens (primary N) is 2. The minimum atomic E-state index is -1.89. The molecule has 9 nitrogen and oxygen atoms in total. The lowest BCUT2D eigenvalue weighted by Crippen LogP contribution is -2.61. The van der Waals surface area contributed by atoms with Crippen molar-refractivity contribution < 1.29 is 34.1 Å². The van der Waals surface area contributed by atoms with Crippen LogP contribution in [0, 0.1) is 35.0 Å². The smallest absolute Gasteiger partial charge is 0.323 e. The fourth-order valence-electron chi connectivity index (χ4n) is 9.19. The standard InChI is InChI=1S/C39H56N2O7/c1-23(2)31(41)35(44)47-22-27-19-28-32-36(5,6)38(32,20-25(4)39(28,46)30-18-24(3)33(42)37(30,45)21-27)48-34(43)29(40)17-13-8-7-10-14-26-15-11-9-12-16-26/h9,11-12,15-16,18-19,23,25,28-32,45-46H,7-8,10,13-14,17,20-22,40-41H2,1-6H3/t25-,28+,29-,30-,31+,32+,37-,38+,39-/m1/s1. The van der Waals surface area contributed by atoms with E-state index >= 15 is 0 Å². The van der Waals surface area contributed by atoms with Crippen LogP contribution in [0.25, 0.3) is 0 Å². The summed E-state index contributed by atoms with van der Waals surface area (Å²) < 4.78 is 12.0. The summed E-state index contributed by atoms with van der Waals surface area (Å²) in [6, 6.07) is 8.84. The van der Waals surface area contributed by atoms with E-state index < -0.39 is 69.8 Å². The van der Waals surface area contributed by atoms with E-state index in [9.17, 15) is 24.6 Å². The molecule has 0 radical (unpaired) electrons. The third-order valence-electron chi connectivity index (χ3n) is 12.2. The van der Waals surface area contributed by atoms with E-state index in [-0.39, 0.29) is 24.9 Å². The van der Waals surface area contributed by atoms with Crippen molar-refractivity contribution in [3.8, 4) is 0 Å². The van der Waals surface area contributed by atoms with Gasteiger partial charge in [0.15, 0.2) is 5.78 Å². The molecule has 4 aliphatic carbocycles. The first kappa shape index (κ1) is 36.4. The third-order valence-corrected chi connectivity index (χ3v) is 12.2. The van der Waals surface area contributed by atoms with Gasteiger partial charge in [0.2, 0.25) is 0 Å². The van der Waals surface area contributed by atoms with Crippen LogP contribution in [0.15, 0.2) is 53.6 Å². The van der Waals surface area contributed by atoms with Crippen molar-refractivity contribution in [1.82, 2.24) is 0 Å². The maximum absolute atomic E-state index is 13.5. The van der Waals surface area contributed by atoms with Gasteiger partial charge in [-0.3, -0.25) is 14.4 Å². The first-order valence-electron chi connectivity index (χ1n) is 17.8. The van der Waals surface area contributed by atoms with Gasteiger partial charge in [0.25, 0.3) is 0 Å². The second-order valence-corrected chi connectivity index (χ2v) is 16.0. The van der Waals surface area contributed by atoms with Crippen molar-refractivity contribution in [3.63, 3.8) is 0 Å². The molecular weight excluding hydrogens is 608 g/mol. The zero-order chi connectivity index (χ0) is 35.2. The zero-order valence-electron chi connectivity index (χ0n) is 29.5. The Morgan fingerprint density at radius 3 is 2.33 bits per heavy atom. The van der Waals surface area contributed by atoms with Gasteiger partial charge in [0.05, 0.1) is 5.60 Å². The molecule has 264 valence electrons. The molecule has 0 amide bonds. The number of aliphatic hydroxyl groups is 2. The number of hydrogen-bond acceptors (Lipinski definition) is 9. The predicted molar refractivity (Wildman–Crippen MR) is 183 cm³/mol. The molecule has 9 heteroatoms. The number of carbonyl (C=O) groups is 3. The molecule has 4 aliphatic rings. The molecular formula is C39H56N2O7. The van der Waals surface area contributed by atoms with Crippen LogP contribution in [0.5, 0.6) is 0 Å². The topological polar surface area (TPSA) is 162 Å². The summed E-state index contributed by atoms with van der Waals surface area (Å²) in [5.74, 6) is -3.81. The van der Waals surface area contributed by atoms with Gasteiger partial charge >= 0.3 is 11.9 Å². The van der Waals surface area contributed by atoms with E-state index in [1.165, 1.54) is 5.56 Å². The number of hydrogen-bond donors (Lipinski definition) is 4. The number of rotatable bonds is 13. The van der Waals surface area contributed by atoms with E-state index in [0.29, 0.717) is 24.0 Å². The molecule has 0 saturated heterocycles. The molecule has 0 unspecified atom stereocenters. The van der Waals surface area contributed by atoms with Gasteiger partial charge in [0, 0.05) is 29.6 Å². The van der Waals surface area contributed by atoms with Crippen molar-refractivity contribution in [3.05, 3.63) is 59.2 Å². The number of fused-ring (bicyclic) bond motifs is 5. The summed E-state index contributed by atoms with van der Waals surface area (Å²) in [5.41, 5.74) is 9.88. The number of aryl methyl sites for hydroxylation is 1. The monoisotopic (exact) mass is 664 g/mol. The van der Waals surface area contributed by atoms with Gasteiger partial charge < -0.3 is 31.2 Å². The summed E-state index contributed by atoms with van der Waals surface area (Å²) in [6.45, 7) is 11.1. The molecule has 0 spiro atoms. The summed E-state index contributed by atoms with van der Waals surface area (Å²) in [5, 5.41) is 24.7. The van der Waals surface area contributed by atoms with Gasteiger partial charge in [-0.2, -0.15) is 0 Å². The number of Topliss-reactive ketones (excluding diaryl/α,β-unsaturated/α-hetero) is 1. The first-order valence-corrected chi connectivity index (χ1v) is 17.8. The number of benzene rings is 1. The van der Waals surface area contributed by atoms with Crippen LogP contribution in [0.4, 0.5) is 0 Å². The Hall–Kier alpha value is -2.85. The number of ether oxygens (including phenoxy) is 2. The highest BCUT2D eigenvalue weighted by Crippen LogP contribution is 2.76. The maximum Gasteiger partial charge on any atom is 0.323 e.